The van der Waals surface area contributed by atoms with Crippen LogP contribution in [0.15, 0.2) is 24.3 Å². The molecule has 5 heteroatoms. The van der Waals surface area contributed by atoms with Gasteiger partial charge in [-0.25, -0.2) is 8.42 Å². The number of sulfonamides is 1. The fourth-order valence-corrected chi connectivity index (χ4v) is 2.12. The van der Waals surface area contributed by atoms with Crippen LogP contribution in [0.1, 0.15) is 13.8 Å². The minimum Gasteiger partial charge on any atom is -0.372 e. The molecule has 0 saturated heterocycles. The number of benzene rings is 1. The molecule has 90 valence electrons. The first-order valence-corrected chi connectivity index (χ1v) is 7.18. The average molecular weight is 242 g/mol. The highest BCUT2D eigenvalue weighted by molar-refractivity contribution is 7.92. The van der Waals surface area contributed by atoms with Crippen molar-refractivity contribution in [1.29, 1.82) is 0 Å². The molecule has 16 heavy (non-hydrogen) atoms. The second-order valence-electron chi connectivity index (χ2n) is 3.60. The van der Waals surface area contributed by atoms with Gasteiger partial charge in [0.1, 0.15) is 0 Å². The molecule has 0 atom stereocenters. The number of rotatable bonds is 5. The maximum Gasteiger partial charge on any atom is 0.229 e. The fraction of sp³-hybridized carbons (Fsp3) is 0.455. The predicted molar refractivity (Wildman–Crippen MR) is 68.5 cm³/mol. The van der Waals surface area contributed by atoms with Gasteiger partial charge in [0.05, 0.1) is 11.9 Å². The van der Waals surface area contributed by atoms with Crippen molar-refractivity contribution in [3.8, 4) is 0 Å². The Labute approximate surface area is 97.3 Å². The summed E-state index contributed by atoms with van der Waals surface area (Å²) in [6.07, 6.45) is 1.15. The number of hydrogen-bond donors (Lipinski definition) is 1. The number of hydrogen-bond acceptors (Lipinski definition) is 3. The lowest BCUT2D eigenvalue weighted by Gasteiger charge is -2.21. The van der Waals surface area contributed by atoms with Gasteiger partial charge in [-0.1, -0.05) is 6.07 Å². The van der Waals surface area contributed by atoms with Crippen molar-refractivity contribution in [2.45, 2.75) is 13.8 Å². The third-order valence-electron chi connectivity index (χ3n) is 2.28. The quantitative estimate of drug-likeness (QED) is 0.858. The molecule has 0 saturated carbocycles. The highest BCUT2D eigenvalue weighted by Crippen LogP contribution is 2.19. The molecule has 1 aromatic rings. The summed E-state index contributed by atoms with van der Waals surface area (Å²) in [5.74, 6) is 0. The minimum atomic E-state index is -3.20. The summed E-state index contributed by atoms with van der Waals surface area (Å²) in [6, 6.07) is 7.41. The van der Waals surface area contributed by atoms with E-state index < -0.39 is 10.0 Å². The second kappa shape index (κ2) is 5.21. The van der Waals surface area contributed by atoms with E-state index >= 15 is 0 Å². The molecule has 0 bridgehead atoms. The van der Waals surface area contributed by atoms with Gasteiger partial charge in [0, 0.05) is 18.8 Å². The smallest absolute Gasteiger partial charge is 0.229 e. The Morgan fingerprint density at radius 3 is 2.38 bits per heavy atom. The first-order chi connectivity index (χ1) is 7.46. The van der Waals surface area contributed by atoms with Gasteiger partial charge in [0.2, 0.25) is 10.0 Å². The topological polar surface area (TPSA) is 49.4 Å². The maximum absolute atomic E-state index is 11.1. The van der Waals surface area contributed by atoms with E-state index in [0.717, 1.165) is 25.0 Å². The standard InChI is InChI=1S/C11H18N2O2S/c1-4-13(5-2)11-8-6-7-10(9-11)12-16(3,14)15/h6-9,12H,4-5H2,1-3H3. The van der Waals surface area contributed by atoms with Gasteiger partial charge in [-0.15, -0.1) is 0 Å². The molecule has 1 N–H and O–H groups in total. The van der Waals surface area contributed by atoms with Gasteiger partial charge in [0.25, 0.3) is 0 Å². The molecule has 0 amide bonds. The summed E-state index contributed by atoms with van der Waals surface area (Å²) in [7, 11) is -3.20. The van der Waals surface area contributed by atoms with E-state index in [2.05, 4.69) is 23.5 Å². The van der Waals surface area contributed by atoms with E-state index in [-0.39, 0.29) is 0 Å². The van der Waals surface area contributed by atoms with Crippen molar-refractivity contribution in [1.82, 2.24) is 0 Å². The summed E-state index contributed by atoms with van der Waals surface area (Å²) in [4.78, 5) is 2.16. The van der Waals surface area contributed by atoms with Crippen LogP contribution >= 0.6 is 0 Å². The van der Waals surface area contributed by atoms with E-state index in [4.69, 9.17) is 0 Å². The molecule has 0 heterocycles. The third kappa shape index (κ3) is 3.73. The first kappa shape index (κ1) is 12.8. The molecule has 0 spiro atoms. The highest BCUT2D eigenvalue weighted by atomic mass is 32.2. The molecule has 0 aliphatic rings. The van der Waals surface area contributed by atoms with Crippen molar-refractivity contribution in [2.75, 3.05) is 29.0 Å². The van der Waals surface area contributed by atoms with Gasteiger partial charge in [-0.3, -0.25) is 4.72 Å². The van der Waals surface area contributed by atoms with Crippen LogP contribution in [0, 0.1) is 0 Å². The predicted octanol–water partition coefficient (Wildman–Crippen LogP) is 1.90. The van der Waals surface area contributed by atoms with E-state index in [1.54, 1.807) is 6.07 Å². The normalized spacial score (nSPS) is 11.2. The van der Waals surface area contributed by atoms with Crippen molar-refractivity contribution >= 4 is 21.4 Å². The van der Waals surface area contributed by atoms with Crippen molar-refractivity contribution in [2.24, 2.45) is 0 Å². The van der Waals surface area contributed by atoms with E-state index in [1.807, 2.05) is 18.2 Å². The Morgan fingerprint density at radius 1 is 1.25 bits per heavy atom. The van der Waals surface area contributed by atoms with Gasteiger partial charge in [-0.05, 0) is 32.0 Å². The monoisotopic (exact) mass is 242 g/mol. The Bertz CT molecular complexity index is 439. The summed E-state index contributed by atoms with van der Waals surface area (Å²) in [6.45, 7) is 5.94. The zero-order valence-electron chi connectivity index (χ0n) is 9.90. The lowest BCUT2D eigenvalue weighted by atomic mass is 10.2. The molecule has 0 aliphatic heterocycles. The number of anilines is 2. The SMILES string of the molecule is CCN(CC)c1cccc(NS(C)(=O)=O)c1. The van der Waals surface area contributed by atoms with E-state index in [0.29, 0.717) is 5.69 Å². The molecule has 0 unspecified atom stereocenters. The molecular weight excluding hydrogens is 224 g/mol. The Hall–Kier alpha value is -1.23. The molecule has 0 fully saturated rings. The average Bonchev–Trinajstić information content (AvgIpc) is 2.17. The summed E-state index contributed by atoms with van der Waals surface area (Å²) < 4.78 is 24.7. The van der Waals surface area contributed by atoms with Crippen LogP contribution in [0.3, 0.4) is 0 Å². The van der Waals surface area contributed by atoms with Crippen LogP contribution in [0.25, 0.3) is 0 Å². The largest absolute Gasteiger partial charge is 0.372 e. The Kier molecular flexibility index (Phi) is 4.18. The molecule has 0 aliphatic carbocycles. The molecule has 1 aromatic carbocycles. The van der Waals surface area contributed by atoms with Crippen LogP contribution in [-0.4, -0.2) is 27.8 Å². The lowest BCUT2D eigenvalue weighted by Crippen LogP contribution is -2.21. The fourth-order valence-electron chi connectivity index (χ4n) is 1.57. The van der Waals surface area contributed by atoms with Gasteiger partial charge in [-0.2, -0.15) is 0 Å². The third-order valence-corrected chi connectivity index (χ3v) is 2.88. The van der Waals surface area contributed by atoms with Crippen LogP contribution < -0.4 is 9.62 Å². The van der Waals surface area contributed by atoms with E-state index in [1.165, 1.54) is 0 Å². The lowest BCUT2D eigenvalue weighted by molar-refractivity contribution is 0.607. The highest BCUT2D eigenvalue weighted by Gasteiger charge is 2.05. The van der Waals surface area contributed by atoms with Crippen LogP contribution in [0.2, 0.25) is 0 Å². The number of nitrogens with one attached hydrogen (secondary N) is 1. The Morgan fingerprint density at radius 2 is 1.88 bits per heavy atom. The molecule has 4 nitrogen and oxygen atoms in total. The van der Waals surface area contributed by atoms with Gasteiger partial charge >= 0.3 is 0 Å². The summed E-state index contributed by atoms with van der Waals surface area (Å²) >= 11 is 0. The molecule has 1 rings (SSSR count). The van der Waals surface area contributed by atoms with Gasteiger partial charge < -0.3 is 4.90 Å². The summed E-state index contributed by atoms with van der Waals surface area (Å²) in [5.41, 5.74) is 1.63. The molecular formula is C11H18N2O2S. The van der Waals surface area contributed by atoms with Crippen LogP contribution in [0.5, 0.6) is 0 Å². The van der Waals surface area contributed by atoms with Gasteiger partial charge in [0.15, 0.2) is 0 Å². The molecule has 0 aromatic heterocycles. The Balaban J connectivity index is 2.95. The second-order valence-corrected chi connectivity index (χ2v) is 5.35. The first-order valence-electron chi connectivity index (χ1n) is 5.29. The van der Waals surface area contributed by atoms with Crippen molar-refractivity contribution < 1.29 is 8.42 Å². The van der Waals surface area contributed by atoms with E-state index in [9.17, 15) is 8.42 Å². The van der Waals surface area contributed by atoms with Crippen molar-refractivity contribution in [3.63, 3.8) is 0 Å². The number of nitrogens with zero attached hydrogens (tertiary/aromatic N) is 1. The van der Waals surface area contributed by atoms with Crippen LogP contribution in [-0.2, 0) is 10.0 Å². The van der Waals surface area contributed by atoms with Crippen LogP contribution in [0.4, 0.5) is 11.4 Å². The maximum atomic E-state index is 11.1. The molecule has 0 radical (unpaired) electrons. The zero-order chi connectivity index (χ0) is 12.2. The minimum absolute atomic E-state index is 0.604. The van der Waals surface area contributed by atoms with Crippen molar-refractivity contribution in [3.05, 3.63) is 24.3 Å². The zero-order valence-corrected chi connectivity index (χ0v) is 10.7. The summed E-state index contributed by atoms with van der Waals surface area (Å²) in [5, 5.41) is 0.